The van der Waals surface area contributed by atoms with Crippen molar-refractivity contribution >= 4 is 37.8 Å². The number of sulfonamides is 1. The summed E-state index contributed by atoms with van der Waals surface area (Å²) >= 11 is 0. The first-order valence-corrected chi connectivity index (χ1v) is 13.5. The van der Waals surface area contributed by atoms with Gasteiger partial charge in [0.1, 0.15) is 5.67 Å². The molecule has 1 saturated carbocycles. The van der Waals surface area contributed by atoms with Crippen molar-refractivity contribution in [3.05, 3.63) is 59.4 Å². The first-order valence-electron chi connectivity index (χ1n) is 12.0. The van der Waals surface area contributed by atoms with Crippen LogP contribution in [0.5, 0.6) is 0 Å². The summed E-state index contributed by atoms with van der Waals surface area (Å²) in [6.45, 7) is 2.44. The average Bonchev–Trinajstić information content (AvgIpc) is 3.45. The molecule has 9 heteroatoms. The summed E-state index contributed by atoms with van der Waals surface area (Å²) in [5.41, 5.74) is 2.82. The number of H-pyrrole nitrogens is 1. The van der Waals surface area contributed by atoms with E-state index in [2.05, 4.69) is 25.0 Å². The Labute approximate surface area is 203 Å². The maximum absolute atomic E-state index is 14.2. The first-order chi connectivity index (χ1) is 16.7. The van der Waals surface area contributed by atoms with Gasteiger partial charge in [-0.3, -0.25) is 4.98 Å². The molecule has 4 aromatic rings. The average molecular weight is 494 g/mol. The Balaban J connectivity index is 1.40. The SMILES string of the molecule is CC(C)(F)CNS(=O)(=O)c1c2c(cc3cnc(C4CC4)cc13)CC(Nc1nc3ccccc3[nH]1)C2. The van der Waals surface area contributed by atoms with Crippen LogP contribution in [0.15, 0.2) is 47.5 Å². The van der Waals surface area contributed by atoms with Crippen LogP contribution in [-0.2, 0) is 22.9 Å². The van der Waals surface area contributed by atoms with Crippen LogP contribution < -0.4 is 10.0 Å². The molecular formula is C26H28FN5O2S. The molecule has 0 amide bonds. The zero-order valence-electron chi connectivity index (χ0n) is 19.7. The van der Waals surface area contributed by atoms with Crippen molar-refractivity contribution in [3.8, 4) is 0 Å². The lowest BCUT2D eigenvalue weighted by atomic mass is 10.0. The van der Waals surface area contributed by atoms with Crippen molar-refractivity contribution in [1.29, 1.82) is 0 Å². The fraction of sp³-hybridized carbons (Fsp3) is 0.385. The monoisotopic (exact) mass is 493 g/mol. The largest absolute Gasteiger partial charge is 0.352 e. The van der Waals surface area contributed by atoms with E-state index >= 15 is 0 Å². The summed E-state index contributed by atoms with van der Waals surface area (Å²) in [7, 11) is -3.95. The lowest BCUT2D eigenvalue weighted by Crippen LogP contribution is -2.36. The number of hydrogen-bond donors (Lipinski definition) is 3. The number of alkyl halides is 1. The number of nitrogens with zero attached hydrogens (tertiary/aromatic N) is 2. The van der Waals surface area contributed by atoms with Crippen molar-refractivity contribution in [2.75, 3.05) is 11.9 Å². The minimum absolute atomic E-state index is 0.0233. The highest BCUT2D eigenvalue weighted by Gasteiger charge is 2.33. The van der Waals surface area contributed by atoms with E-state index in [1.807, 2.05) is 36.4 Å². The lowest BCUT2D eigenvalue weighted by molar-refractivity contribution is 0.221. The Morgan fingerprint density at radius 3 is 2.71 bits per heavy atom. The van der Waals surface area contributed by atoms with Crippen LogP contribution in [0.2, 0.25) is 0 Å². The summed E-state index contributed by atoms with van der Waals surface area (Å²) in [6.07, 6.45) is 5.11. The van der Waals surface area contributed by atoms with Gasteiger partial charge in [-0.15, -0.1) is 0 Å². The molecule has 7 nitrogen and oxygen atoms in total. The van der Waals surface area contributed by atoms with E-state index < -0.39 is 15.7 Å². The van der Waals surface area contributed by atoms with Crippen molar-refractivity contribution in [1.82, 2.24) is 19.7 Å². The second kappa shape index (κ2) is 7.99. The molecule has 2 aliphatic rings. The van der Waals surface area contributed by atoms with Gasteiger partial charge in [0.15, 0.2) is 0 Å². The minimum atomic E-state index is -3.95. The third kappa shape index (κ3) is 4.38. The van der Waals surface area contributed by atoms with Crippen LogP contribution >= 0.6 is 0 Å². The molecule has 1 unspecified atom stereocenters. The zero-order valence-corrected chi connectivity index (χ0v) is 20.5. The molecule has 2 heterocycles. The number of para-hydroxylation sites is 2. The molecule has 0 spiro atoms. The second-order valence-electron chi connectivity index (χ2n) is 10.3. The summed E-state index contributed by atoms with van der Waals surface area (Å²) < 4.78 is 43.9. The number of benzene rings is 2. The number of imidazole rings is 1. The maximum Gasteiger partial charge on any atom is 0.241 e. The number of pyridine rings is 1. The van der Waals surface area contributed by atoms with Crippen LogP contribution in [0.1, 0.15) is 49.4 Å². The quantitative estimate of drug-likeness (QED) is 0.350. The third-order valence-electron chi connectivity index (χ3n) is 6.79. The third-order valence-corrected chi connectivity index (χ3v) is 8.31. The van der Waals surface area contributed by atoms with Gasteiger partial charge in [-0.1, -0.05) is 12.1 Å². The number of fused-ring (bicyclic) bond motifs is 3. The van der Waals surface area contributed by atoms with Gasteiger partial charge in [-0.25, -0.2) is 22.5 Å². The number of anilines is 1. The van der Waals surface area contributed by atoms with Gasteiger partial charge in [-0.05, 0) is 74.9 Å². The van der Waals surface area contributed by atoms with Gasteiger partial charge in [0, 0.05) is 41.2 Å². The van der Waals surface area contributed by atoms with Gasteiger partial charge in [0.25, 0.3) is 0 Å². The molecule has 182 valence electrons. The van der Waals surface area contributed by atoms with Gasteiger partial charge >= 0.3 is 0 Å². The molecular weight excluding hydrogens is 465 g/mol. The molecule has 0 aliphatic heterocycles. The van der Waals surface area contributed by atoms with Gasteiger partial charge in [-0.2, -0.15) is 0 Å². The molecule has 0 saturated heterocycles. The predicted molar refractivity (Wildman–Crippen MR) is 135 cm³/mol. The van der Waals surface area contributed by atoms with E-state index in [0.717, 1.165) is 46.1 Å². The normalized spacial score (nSPS) is 18.3. The van der Waals surface area contributed by atoms with E-state index in [1.165, 1.54) is 13.8 Å². The predicted octanol–water partition coefficient (Wildman–Crippen LogP) is 4.59. The van der Waals surface area contributed by atoms with Crippen LogP contribution in [0, 0.1) is 0 Å². The van der Waals surface area contributed by atoms with Crippen LogP contribution in [0.3, 0.4) is 0 Å². The fourth-order valence-electron chi connectivity index (χ4n) is 4.93. The molecule has 6 rings (SSSR count). The Morgan fingerprint density at radius 1 is 1.17 bits per heavy atom. The van der Waals surface area contributed by atoms with E-state index in [4.69, 9.17) is 0 Å². The van der Waals surface area contributed by atoms with Crippen molar-refractivity contribution in [3.63, 3.8) is 0 Å². The highest BCUT2D eigenvalue weighted by atomic mass is 32.2. The summed E-state index contributed by atoms with van der Waals surface area (Å²) in [5.74, 6) is 1.05. The van der Waals surface area contributed by atoms with E-state index in [-0.39, 0.29) is 17.5 Å². The number of rotatable bonds is 7. The molecule has 1 fully saturated rings. The summed E-state index contributed by atoms with van der Waals surface area (Å²) in [5, 5.41) is 4.90. The molecule has 35 heavy (non-hydrogen) atoms. The molecule has 2 aliphatic carbocycles. The summed E-state index contributed by atoms with van der Waals surface area (Å²) in [4.78, 5) is 12.8. The number of aromatic amines is 1. The smallest absolute Gasteiger partial charge is 0.241 e. The van der Waals surface area contributed by atoms with Crippen molar-refractivity contribution in [2.24, 2.45) is 0 Å². The van der Waals surface area contributed by atoms with Crippen molar-refractivity contribution in [2.45, 2.75) is 62.1 Å². The Hall–Kier alpha value is -3.04. The van der Waals surface area contributed by atoms with Gasteiger partial charge in [0.2, 0.25) is 16.0 Å². The molecule has 0 radical (unpaired) electrons. The highest BCUT2D eigenvalue weighted by molar-refractivity contribution is 7.89. The number of aromatic nitrogens is 3. The first kappa shape index (κ1) is 22.4. The van der Waals surface area contributed by atoms with Gasteiger partial charge in [0.05, 0.1) is 15.9 Å². The topological polar surface area (TPSA) is 99.8 Å². The van der Waals surface area contributed by atoms with E-state index in [0.29, 0.717) is 30.1 Å². The molecule has 2 aromatic heterocycles. The van der Waals surface area contributed by atoms with Gasteiger partial charge < -0.3 is 10.3 Å². The molecule has 3 N–H and O–H groups in total. The maximum atomic E-state index is 14.2. The Morgan fingerprint density at radius 2 is 1.97 bits per heavy atom. The van der Waals surface area contributed by atoms with Crippen LogP contribution in [-0.4, -0.2) is 41.6 Å². The van der Waals surface area contributed by atoms with Crippen molar-refractivity contribution < 1.29 is 12.8 Å². The van der Waals surface area contributed by atoms with Crippen LogP contribution in [0.25, 0.3) is 21.8 Å². The van der Waals surface area contributed by atoms with E-state index in [9.17, 15) is 12.8 Å². The molecule has 1 atom stereocenters. The van der Waals surface area contributed by atoms with Crippen LogP contribution in [0.4, 0.5) is 10.3 Å². The molecule has 0 bridgehead atoms. The number of hydrogen-bond acceptors (Lipinski definition) is 5. The number of nitrogens with one attached hydrogen (secondary N) is 3. The standard InChI is InChI=1S/C26H28FN5O2S/c1-26(2,27)14-29-35(33,34)24-19-11-18(30-25-31-21-5-3-4-6-22(21)32-25)10-16(19)9-17-13-28-23(12-20(17)24)15-7-8-15/h3-6,9,12-13,15,18,29H,7-8,10-11,14H2,1-2H3,(H2,30,31,32). The minimum Gasteiger partial charge on any atom is -0.352 e. The fourth-order valence-corrected chi connectivity index (χ4v) is 6.61. The van der Waals surface area contributed by atoms with E-state index in [1.54, 1.807) is 6.20 Å². The Kier molecular flexibility index (Phi) is 5.12. The zero-order chi connectivity index (χ0) is 24.4. The number of halogens is 1. The highest BCUT2D eigenvalue weighted by Crippen LogP contribution is 2.42. The lowest BCUT2D eigenvalue weighted by Gasteiger charge is -2.18. The Bertz CT molecular complexity index is 1520. The second-order valence-corrected chi connectivity index (χ2v) is 12.0. The molecule has 2 aromatic carbocycles. The summed E-state index contributed by atoms with van der Waals surface area (Å²) in [6, 6.07) is 11.8.